The summed E-state index contributed by atoms with van der Waals surface area (Å²) in [7, 11) is 4.70. The lowest BCUT2D eigenvalue weighted by molar-refractivity contribution is -0.131. The van der Waals surface area contributed by atoms with Crippen LogP contribution in [0, 0.1) is 0 Å². The van der Waals surface area contributed by atoms with Gasteiger partial charge in [-0.25, -0.2) is 0 Å². The van der Waals surface area contributed by atoms with Crippen LogP contribution in [0.4, 0.5) is 5.69 Å². The van der Waals surface area contributed by atoms with Crippen molar-refractivity contribution in [1.82, 2.24) is 4.90 Å². The van der Waals surface area contributed by atoms with E-state index >= 15 is 0 Å². The fourth-order valence-electron chi connectivity index (χ4n) is 3.43. The molecule has 1 heterocycles. The van der Waals surface area contributed by atoms with Gasteiger partial charge in [0.1, 0.15) is 0 Å². The number of rotatable bonds is 12. The van der Waals surface area contributed by atoms with E-state index < -0.39 is 12.1 Å². The molecule has 36 heavy (non-hydrogen) atoms. The first-order chi connectivity index (χ1) is 17.4. The molecule has 0 bridgehead atoms. The van der Waals surface area contributed by atoms with Crippen molar-refractivity contribution in [3.8, 4) is 0 Å². The van der Waals surface area contributed by atoms with Gasteiger partial charge < -0.3 is 33.2 Å². The van der Waals surface area contributed by atoms with Gasteiger partial charge in [0.05, 0.1) is 18.0 Å². The van der Waals surface area contributed by atoms with Crippen molar-refractivity contribution in [3.05, 3.63) is 65.7 Å². The van der Waals surface area contributed by atoms with E-state index in [9.17, 15) is 9.59 Å². The molecule has 0 saturated carbocycles. The Labute approximate surface area is 226 Å². The fraction of sp³-hybridized carbons (Fsp3) is 0.440. The lowest BCUT2D eigenvalue weighted by Crippen LogP contribution is -2.43. The second-order valence-corrected chi connectivity index (χ2v) is 11.9. The van der Waals surface area contributed by atoms with Crippen LogP contribution in [0.15, 0.2) is 54.6 Å². The van der Waals surface area contributed by atoms with Gasteiger partial charge in [-0.15, -0.1) is 11.8 Å². The van der Waals surface area contributed by atoms with Gasteiger partial charge in [0, 0.05) is 35.5 Å². The molecule has 0 aromatic heterocycles. The zero-order valence-corrected chi connectivity index (χ0v) is 23.1. The Morgan fingerprint density at radius 3 is 2.19 bits per heavy atom. The third-order valence-corrected chi connectivity index (χ3v) is 8.86. The van der Waals surface area contributed by atoms with E-state index in [4.69, 9.17) is 17.2 Å². The number of carbonyl (C=O) groups is 2. The molecule has 1 aliphatic heterocycles. The number of carbonyl (C=O) groups excluding carboxylic acids is 2. The summed E-state index contributed by atoms with van der Waals surface area (Å²) in [5.41, 5.74) is 25.7. The third-order valence-electron chi connectivity index (χ3n) is 5.35. The Kier molecular flexibility index (Phi) is 14.3. The molecule has 1 aliphatic rings. The predicted octanol–water partition coefficient (Wildman–Crippen LogP) is 1.88. The van der Waals surface area contributed by atoms with Crippen molar-refractivity contribution in [3.63, 3.8) is 0 Å². The van der Waals surface area contributed by atoms with Gasteiger partial charge in [0.2, 0.25) is 11.8 Å². The Morgan fingerprint density at radius 1 is 0.917 bits per heavy atom. The van der Waals surface area contributed by atoms with Crippen LogP contribution in [-0.2, 0) is 22.4 Å². The Hall–Kier alpha value is -1.73. The number of hydrogen-bond donors (Lipinski definition) is 5. The minimum atomic E-state index is -0.619. The number of anilines is 1. The van der Waals surface area contributed by atoms with Crippen LogP contribution in [0.1, 0.15) is 11.1 Å². The van der Waals surface area contributed by atoms with Crippen molar-refractivity contribution >= 4 is 50.9 Å². The summed E-state index contributed by atoms with van der Waals surface area (Å²) in [5, 5.41) is 2.85. The SMILES string of the molecule is CN.NC(CSSCC(N)C(=O)Nc1ccc(CC(N)C(=O)N2CCSC2)cc1)Cc1ccccc1. The number of benzene rings is 2. The molecule has 8 nitrogen and oxygen atoms in total. The van der Waals surface area contributed by atoms with Gasteiger partial charge in [-0.05, 0) is 43.1 Å². The van der Waals surface area contributed by atoms with Gasteiger partial charge in [-0.2, -0.15) is 0 Å². The number of nitrogens with zero attached hydrogens (tertiary/aromatic N) is 1. The van der Waals surface area contributed by atoms with E-state index in [0.29, 0.717) is 17.9 Å². The summed E-state index contributed by atoms with van der Waals surface area (Å²) < 4.78 is 0. The van der Waals surface area contributed by atoms with Crippen molar-refractivity contribution in [2.24, 2.45) is 22.9 Å². The Bertz CT molecular complexity index is 914. The summed E-state index contributed by atoms with van der Waals surface area (Å²) in [6, 6.07) is 16.4. The maximum absolute atomic E-state index is 12.4. The van der Waals surface area contributed by atoms with E-state index in [1.54, 1.807) is 38.2 Å². The van der Waals surface area contributed by atoms with Crippen LogP contribution >= 0.6 is 33.3 Å². The highest BCUT2D eigenvalue weighted by atomic mass is 33.1. The van der Waals surface area contributed by atoms with Gasteiger partial charge >= 0.3 is 0 Å². The molecular weight excluding hydrogens is 513 g/mol. The van der Waals surface area contributed by atoms with Crippen molar-refractivity contribution < 1.29 is 9.59 Å². The van der Waals surface area contributed by atoms with Crippen molar-refractivity contribution in [1.29, 1.82) is 0 Å². The molecule has 1 saturated heterocycles. The van der Waals surface area contributed by atoms with Crippen molar-refractivity contribution in [2.45, 2.75) is 31.0 Å². The molecular formula is C25H38N6O2S3. The van der Waals surface area contributed by atoms with E-state index in [0.717, 1.165) is 35.9 Å². The minimum Gasteiger partial charge on any atom is -0.333 e. The zero-order chi connectivity index (χ0) is 26.3. The third kappa shape index (κ3) is 10.7. The highest BCUT2D eigenvalue weighted by Crippen LogP contribution is 2.23. The number of hydrogen-bond acceptors (Lipinski definition) is 9. The van der Waals surface area contributed by atoms with Gasteiger partial charge in [0.25, 0.3) is 0 Å². The van der Waals surface area contributed by atoms with Gasteiger partial charge in [0.15, 0.2) is 0 Å². The quantitative estimate of drug-likeness (QED) is 0.197. The largest absolute Gasteiger partial charge is 0.333 e. The van der Waals surface area contributed by atoms with Crippen LogP contribution in [0.5, 0.6) is 0 Å². The summed E-state index contributed by atoms with van der Waals surface area (Å²) in [6.45, 7) is 0.764. The molecule has 2 amide bonds. The van der Waals surface area contributed by atoms with Crippen LogP contribution in [0.25, 0.3) is 0 Å². The lowest BCUT2D eigenvalue weighted by atomic mass is 10.1. The molecule has 3 rings (SSSR count). The first kappa shape index (κ1) is 30.5. The molecule has 0 spiro atoms. The summed E-state index contributed by atoms with van der Waals surface area (Å²) in [4.78, 5) is 26.6. The monoisotopic (exact) mass is 550 g/mol. The number of nitrogens with one attached hydrogen (secondary N) is 1. The van der Waals surface area contributed by atoms with Crippen LogP contribution in [0.3, 0.4) is 0 Å². The predicted molar refractivity (Wildman–Crippen MR) is 157 cm³/mol. The summed E-state index contributed by atoms with van der Waals surface area (Å²) in [5.74, 6) is 2.73. The average molecular weight is 551 g/mol. The molecule has 3 atom stereocenters. The topological polar surface area (TPSA) is 153 Å². The van der Waals surface area contributed by atoms with Crippen molar-refractivity contribution in [2.75, 3.05) is 42.0 Å². The Balaban J connectivity index is 0.00000222. The Morgan fingerprint density at radius 2 is 1.56 bits per heavy atom. The lowest BCUT2D eigenvalue weighted by Gasteiger charge is -2.19. The minimum absolute atomic E-state index is 0.00950. The summed E-state index contributed by atoms with van der Waals surface area (Å²) >= 11 is 1.74. The van der Waals surface area contributed by atoms with E-state index in [1.807, 2.05) is 42.5 Å². The van der Waals surface area contributed by atoms with Crippen LogP contribution < -0.4 is 28.3 Å². The highest BCUT2D eigenvalue weighted by molar-refractivity contribution is 8.76. The fourth-order valence-corrected chi connectivity index (χ4v) is 6.71. The second-order valence-electron chi connectivity index (χ2n) is 8.26. The molecule has 2 aromatic carbocycles. The van der Waals surface area contributed by atoms with Crippen LogP contribution in [-0.4, -0.2) is 71.6 Å². The molecule has 0 radical (unpaired) electrons. The average Bonchev–Trinajstić information content (AvgIpc) is 3.44. The van der Waals surface area contributed by atoms with Crippen LogP contribution in [0.2, 0.25) is 0 Å². The standard InChI is InChI=1S/C24H33N5O2S3.CH5N/c25-19(12-17-4-2-1-3-5-17)14-33-34-15-22(27)23(30)28-20-8-6-18(7-9-20)13-21(26)24(31)29-10-11-32-16-29;1-2/h1-9,19,21-22H,10-16,25-27H2,(H,28,30);2H2,1H3. The molecule has 2 aromatic rings. The molecule has 0 aliphatic carbocycles. The zero-order valence-electron chi connectivity index (χ0n) is 20.7. The first-order valence-corrected chi connectivity index (χ1v) is 15.5. The number of amides is 2. The smallest absolute Gasteiger partial charge is 0.242 e. The highest BCUT2D eigenvalue weighted by Gasteiger charge is 2.24. The van der Waals surface area contributed by atoms with E-state index in [2.05, 4.69) is 23.2 Å². The maximum Gasteiger partial charge on any atom is 0.242 e. The normalized spacial score (nSPS) is 15.4. The number of nitrogens with two attached hydrogens (primary N) is 4. The molecule has 3 unspecified atom stereocenters. The summed E-state index contributed by atoms with van der Waals surface area (Å²) in [6.07, 6.45) is 1.29. The van der Waals surface area contributed by atoms with Gasteiger partial charge in [-0.3, -0.25) is 9.59 Å². The molecule has 9 N–H and O–H groups in total. The van der Waals surface area contributed by atoms with Gasteiger partial charge in [-0.1, -0.05) is 64.1 Å². The van der Waals surface area contributed by atoms with E-state index in [1.165, 1.54) is 12.6 Å². The maximum atomic E-state index is 12.4. The second kappa shape index (κ2) is 16.9. The number of thioether (sulfide) groups is 1. The first-order valence-electron chi connectivity index (χ1n) is 11.8. The molecule has 11 heteroatoms. The van der Waals surface area contributed by atoms with E-state index in [-0.39, 0.29) is 17.9 Å². The molecule has 198 valence electrons. The molecule has 1 fully saturated rings.